The smallest absolute Gasteiger partial charge is 0.393 e. The lowest BCUT2D eigenvalue weighted by Gasteiger charge is -2.34. The van der Waals surface area contributed by atoms with E-state index in [1.54, 1.807) is 13.0 Å². The molecule has 1 aromatic heterocycles. The molecule has 2 aliphatic rings. The number of pyridine rings is 1. The minimum absolute atomic E-state index is 0.0347. The second-order valence-corrected chi connectivity index (χ2v) is 9.29. The fraction of sp³-hybridized carbons (Fsp3) is 0.520. The zero-order chi connectivity index (χ0) is 26.7. The molecule has 1 aromatic carbocycles. The third kappa shape index (κ3) is 6.24. The van der Waals surface area contributed by atoms with Gasteiger partial charge in [-0.3, -0.25) is 0 Å². The van der Waals surface area contributed by atoms with E-state index < -0.39 is 30.5 Å². The Morgan fingerprint density at radius 3 is 2.73 bits per heavy atom. The van der Waals surface area contributed by atoms with E-state index in [1.807, 2.05) is 13.0 Å². The summed E-state index contributed by atoms with van der Waals surface area (Å²) in [5.41, 5.74) is 1.67. The number of likely N-dealkylation sites (tertiary alicyclic amines) is 1. The summed E-state index contributed by atoms with van der Waals surface area (Å²) >= 11 is 0. The second kappa shape index (κ2) is 11.1. The fourth-order valence-corrected chi connectivity index (χ4v) is 4.57. The Balaban J connectivity index is 1.63. The van der Waals surface area contributed by atoms with Crippen LogP contribution >= 0.6 is 0 Å². The average molecular weight is 527 g/mol. The normalized spacial score (nSPS) is 20.3. The molecule has 3 heterocycles. The van der Waals surface area contributed by atoms with Crippen LogP contribution in [-0.4, -0.2) is 79.3 Å². The van der Waals surface area contributed by atoms with Gasteiger partial charge in [0.15, 0.2) is 0 Å². The highest BCUT2D eigenvalue weighted by molar-refractivity contribution is 5.91. The minimum Gasteiger partial charge on any atom is -0.475 e. The average Bonchev–Trinajstić information content (AvgIpc) is 3.36. The third-order valence-electron chi connectivity index (χ3n) is 6.60. The number of benzene rings is 1. The monoisotopic (exact) mass is 526 g/mol. The van der Waals surface area contributed by atoms with E-state index in [2.05, 4.69) is 15.2 Å². The highest BCUT2D eigenvalue weighted by Gasteiger charge is 2.44. The molecule has 0 unspecified atom stereocenters. The molecule has 0 saturated carbocycles. The van der Waals surface area contributed by atoms with Gasteiger partial charge in [-0.2, -0.15) is 18.2 Å². The van der Waals surface area contributed by atoms with Crippen LogP contribution in [0.15, 0.2) is 24.3 Å². The Bertz CT molecular complexity index is 1130. The molecule has 2 fully saturated rings. The van der Waals surface area contributed by atoms with Crippen molar-refractivity contribution in [2.24, 2.45) is 5.92 Å². The first-order valence-electron chi connectivity index (χ1n) is 12.1. The van der Waals surface area contributed by atoms with E-state index >= 15 is 0 Å². The summed E-state index contributed by atoms with van der Waals surface area (Å²) in [5, 5.41) is 11.6. The maximum absolute atomic E-state index is 14.8. The quantitative estimate of drug-likeness (QED) is 0.549. The predicted octanol–water partition coefficient (Wildman–Crippen LogP) is 4.21. The van der Waals surface area contributed by atoms with Crippen molar-refractivity contribution in [3.8, 4) is 17.0 Å². The van der Waals surface area contributed by atoms with Crippen molar-refractivity contribution in [2.45, 2.75) is 32.5 Å². The Hall–Kier alpha value is -3.12. The number of aliphatic hydroxyl groups is 1. The maximum Gasteiger partial charge on any atom is 0.393 e. The number of aliphatic hydroxyl groups excluding tert-OH is 1. The Morgan fingerprint density at radius 1 is 1.27 bits per heavy atom. The van der Waals surface area contributed by atoms with Gasteiger partial charge in [0.2, 0.25) is 5.88 Å². The molecule has 2 atom stereocenters. The Morgan fingerprint density at radius 2 is 2.05 bits per heavy atom. The number of hydrogen-bond acceptors (Lipinski definition) is 6. The van der Waals surface area contributed by atoms with Gasteiger partial charge in [0.1, 0.15) is 18.2 Å². The molecule has 0 spiro atoms. The number of carbonyl (C=O) groups excluding carboxylic acids is 1. The van der Waals surface area contributed by atoms with Crippen LogP contribution in [0.2, 0.25) is 0 Å². The lowest BCUT2D eigenvalue weighted by molar-refractivity contribution is -0.169. The first-order chi connectivity index (χ1) is 17.6. The fourth-order valence-electron chi connectivity index (χ4n) is 4.57. The number of aryl methyl sites for hydroxylation is 1. The van der Waals surface area contributed by atoms with Crippen molar-refractivity contribution in [3.05, 3.63) is 35.6 Å². The number of carbonyl (C=O) groups is 1. The first-order valence-corrected chi connectivity index (χ1v) is 12.1. The van der Waals surface area contributed by atoms with Gasteiger partial charge in [0.05, 0.1) is 37.5 Å². The number of alkyl halides is 3. The molecule has 0 aliphatic carbocycles. The lowest BCUT2D eigenvalue weighted by atomic mass is 9.99. The number of aromatic nitrogens is 1. The first kappa shape index (κ1) is 26.9. The minimum atomic E-state index is -4.38. The molecule has 2 aliphatic heterocycles. The number of hydrogen-bond donors (Lipinski definition) is 2. The largest absolute Gasteiger partial charge is 0.475 e. The summed E-state index contributed by atoms with van der Waals surface area (Å²) in [7, 11) is 0. The zero-order valence-corrected chi connectivity index (χ0v) is 20.6. The van der Waals surface area contributed by atoms with E-state index in [-0.39, 0.29) is 43.8 Å². The standard InChI is InChI=1S/C25H30F4N4O4/c1-15-9-20(26)21(30-24(35)32-4-3-18(13-32)25(27,28)29)12-19(15)17-10-22(31-23(11-17)37-8-6-34)33-5-7-36-14-16(33)2/h9-12,16,18,34H,3-8,13-14H2,1-2H3,(H,30,35)/t16-,18-/m1/s1. The van der Waals surface area contributed by atoms with Gasteiger partial charge < -0.3 is 29.7 Å². The Kier molecular flexibility index (Phi) is 8.08. The molecule has 8 nitrogen and oxygen atoms in total. The van der Waals surface area contributed by atoms with Crippen molar-refractivity contribution in [1.82, 2.24) is 9.88 Å². The van der Waals surface area contributed by atoms with Gasteiger partial charge in [-0.25, -0.2) is 9.18 Å². The number of rotatable bonds is 6. The van der Waals surface area contributed by atoms with Gasteiger partial charge in [-0.15, -0.1) is 0 Å². The number of nitrogens with zero attached hydrogens (tertiary/aromatic N) is 3. The second-order valence-electron chi connectivity index (χ2n) is 9.29. The highest BCUT2D eigenvalue weighted by Crippen LogP contribution is 2.36. The molecular formula is C25H30F4N4O4. The molecule has 0 radical (unpaired) electrons. The van der Waals surface area contributed by atoms with Crippen LogP contribution in [0.25, 0.3) is 11.1 Å². The van der Waals surface area contributed by atoms with Crippen molar-refractivity contribution >= 4 is 17.5 Å². The number of nitrogens with one attached hydrogen (secondary N) is 1. The van der Waals surface area contributed by atoms with E-state index in [9.17, 15) is 27.5 Å². The van der Waals surface area contributed by atoms with Crippen LogP contribution in [-0.2, 0) is 4.74 Å². The molecule has 2 amide bonds. The molecule has 202 valence electrons. The molecule has 4 rings (SSSR count). The molecule has 2 aromatic rings. The van der Waals surface area contributed by atoms with Crippen LogP contribution in [0, 0.1) is 18.7 Å². The summed E-state index contributed by atoms with van der Waals surface area (Å²) < 4.78 is 65.0. The van der Waals surface area contributed by atoms with Crippen molar-refractivity contribution in [3.63, 3.8) is 0 Å². The molecule has 2 N–H and O–H groups in total. The van der Waals surface area contributed by atoms with Gasteiger partial charge in [-0.05, 0) is 55.2 Å². The molecule has 12 heteroatoms. The van der Waals surface area contributed by atoms with E-state index in [0.717, 1.165) is 4.90 Å². The predicted molar refractivity (Wildman–Crippen MR) is 129 cm³/mol. The topological polar surface area (TPSA) is 87.2 Å². The van der Waals surface area contributed by atoms with Gasteiger partial charge >= 0.3 is 12.2 Å². The highest BCUT2D eigenvalue weighted by atomic mass is 19.4. The SMILES string of the molecule is Cc1cc(F)c(NC(=O)N2CC[C@@H](C(F)(F)F)C2)cc1-c1cc(OCCO)nc(N2CCOC[C@H]2C)c1. The van der Waals surface area contributed by atoms with Crippen LogP contribution < -0.4 is 15.0 Å². The number of ether oxygens (including phenoxy) is 2. The van der Waals surface area contributed by atoms with E-state index in [0.29, 0.717) is 42.3 Å². The van der Waals surface area contributed by atoms with Crippen LogP contribution in [0.5, 0.6) is 5.88 Å². The number of morpholine rings is 1. The molecular weight excluding hydrogens is 496 g/mol. The number of halogens is 4. The van der Waals surface area contributed by atoms with Gasteiger partial charge in [0.25, 0.3) is 0 Å². The Labute approximate surface area is 212 Å². The summed E-state index contributed by atoms with van der Waals surface area (Å²) in [4.78, 5) is 20.3. The van der Waals surface area contributed by atoms with Gasteiger partial charge in [-0.1, -0.05) is 0 Å². The number of amides is 2. The van der Waals surface area contributed by atoms with Crippen LogP contribution in [0.4, 0.5) is 33.9 Å². The summed E-state index contributed by atoms with van der Waals surface area (Å²) in [6.07, 6.45) is -4.57. The lowest BCUT2D eigenvalue weighted by Crippen LogP contribution is -2.44. The maximum atomic E-state index is 14.8. The molecule has 0 bridgehead atoms. The zero-order valence-electron chi connectivity index (χ0n) is 20.6. The van der Waals surface area contributed by atoms with Crippen LogP contribution in [0.1, 0.15) is 18.9 Å². The summed E-state index contributed by atoms with van der Waals surface area (Å²) in [5.74, 6) is -1.41. The van der Waals surface area contributed by atoms with Crippen molar-refractivity contribution in [2.75, 3.05) is 56.3 Å². The number of urea groups is 1. The van der Waals surface area contributed by atoms with E-state index in [4.69, 9.17) is 9.47 Å². The third-order valence-corrected chi connectivity index (χ3v) is 6.60. The van der Waals surface area contributed by atoms with E-state index in [1.165, 1.54) is 12.1 Å². The van der Waals surface area contributed by atoms with Gasteiger partial charge in [0, 0.05) is 25.7 Å². The molecule has 2 saturated heterocycles. The number of anilines is 2. The summed E-state index contributed by atoms with van der Waals surface area (Å²) in [6, 6.07) is 5.46. The summed E-state index contributed by atoms with van der Waals surface area (Å²) in [6.45, 7) is 4.68. The molecule has 37 heavy (non-hydrogen) atoms. The van der Waals surface area contributed by atoms with Crippen molar-refractivity contribution in [1.29, 1.82) is 0 Å². The van der Waals surface area contributed by atoms with Crippen molar-refractivity contribution < 1.29 is 36.9 Å². The van der Waals surface area contributed by atoms with Crippen LogP contribution in [0.3, 0.4) is 0 Å².